The van der Waals surface area contributed by atoms with Crippen LogP contribution in [-0.4, -0.2) is 22.9 Å². The van der Waals surface area contributed by atoms with Gasteiger partial charge in [-0.3, -0.25) is 4.68 Å². The van der Waals surface area contributed by atoms with Crippen molar-refractivity contribution in [2.45, 2.75) is 30.4 Å². The van der Waals surface area contributed by atoms with Crippen molar-refractivity contribution < 1.29 is 0 Å². The molecule has 3 heterocycles. The average molecular weight is 288 g/mol. The fourth-order valence-electron chi connectivity index (χ4n) is 2.37. The normalized spacial score (nSPS) is 21.9. The molecule has 5 heteroatoms. The van der Waals surface area contributed by atoms with Crippen LogP contribution < -0.4 is 5.32 Å². The minimum absolute atomic E-state index is 0.616. The zero-order valence-electron chi connectivity index (χ0n) is 8.50. The summed E-state index contributed by atoms with van der Waals surface area (Å²) in [6.07, 6.45) is 2.43. The van der Waals surface area contributed by atoms with Crippen LogP contribution in [0.15, 0.2) is 4.60 Å². The number of hydrogen-bond donors (Lipinski definition) is 1. The summed E-state index contributed by atoms with van der Waals surface area (Å²) in [5.74, 6) is 2.26. The Morgan fingerprint density at radius 1 is 1.33 bits per heavy atom. The molecule has 1 aromatic heterocycles. The minimum Gasteiger partial charge on any atom is -0.317 e. The van der Waals surface area contributed by atoms with Crippen molar-refractivity contribution >= 4 is 27.7 Å². The van der Waals surface area contributed by atoms with Crippen molar-refractivity contribution in [2.75, 3.05) is 13.1 Å². The Morgan fingerprint density at radius 2 is 2.13 bits per heavy atom. The molecule has 3 rings (SSSR count). The van der Waals surface area contributed by atoms with E-state index in [-0.39, 0.29) is 0 Å². The fourth-order valence-corrected chi connectivity index (χ4v) is 4.21. The van der Waals surface area contributed by atoms with Crippen LogP contribution in [0.2, 0.25) is 0 Å². The first kappa shape index (κ1) is 10.2. The van der Waals surface area contributed by atoms with Crippen LogP contribution in [0.5, 0.6) is 0 Å². The van der Waals surface area contributed by atoms with Crippen LogP contribution in [0.4, 0.5) is 0 Å². The van der Waals surface area contributed by atoms with Gasteiger partial charge in [0.2, 0.25) is 0 Å². The molecule has 15 heavy (non-hydrogen) atoms. The van der Waals surface area contributed by atoms with E-state index in [4.69, 9.17) is 0 Å². The van der Waals surface area contributed by atoms with Gasteiger partial charge in [-0.25, -0.2) is 0 Å². The van der Waals surface area contributed by atoms with Gasteiger partial charge in [-0.15, -0.1) is 0 Å². The second kappa shape index (κ2) is 4.11. The molecule has 0 atom stereocenters. The first-order valence-electron chi connectivity index (χ1n) is 5.40. The maximum atomic E-state index is 4.65. The van der Waals surface area contributed by atoms with Gasteiger partial charge >= 0.3 is 0 Å². The van der Waals surface area contributed by atoms with Gasteiger partial charge in [0.05, 0.1) is 11.7 Å². The van der Waals surface area contributed by atoms with Crippen LogP contribution in [0.1, 0.15) is 30.1 Å². The van der Waals surface area contributed by atoms with Crippen molar-refractivity contribution in [3.63, 3.8) is 0 Å². The van der Waals surface area contributed by atoms with Gasteiger partial charge in [0.1, 0.15) is 4.60 Å². The van der Waals surface area contributed by atoms with E-state index in [1.54, 1.807) is 0 Å². The molecule has 0 saturated carbocycles. The SMILES string of the molecule is Brc1nn(C2CCNCC2)c2c1CSC2. The van der Waals surface area contributed by atoms with Gasteiger partial charge in [0.25, 0.3) is 0 Å². The molecule has 0 unspecified atom stereocenters. The van der Waals surface area contributed by atoms with Gasteiger partial charge in [0.15, 0.2) is 0 Å². The number of rotatable bonds is 1. The first-order valence-corrected chi connectivity index (χ1v) is 7.35. The highest BCUT2D eigenvalue weighted by Crippen LogP contribution is 2.37. The zero-order chi connectivity index (χ0) is 10.3. The lowest BCUT2D eigenvalue weighted by molar-refractivity contribution is 0.337. The van der Waals surface area contributed by atoms with Gasteiger partial charge in [-0.1, -0.05) is 0 Å². The largest absolute Gasteiger partial charge is 0.317 e. The number of thioether (sulfide) groups is 1. The summed E-state index contributed by atoms with van der Waals surface area (Å²) in [5, 5.41) is 8.05. The molecule has 2 aliphatic rings. The number of nitrogens with one attached hydrogen (secondary N) is 1. The molecule has 0 spiro atoms. The molecule has 1 N–H and O–H groups in total. The number of aromatic nitrogens is 2. The van der Waals surface area contributed by atoms with Crippen molar-refractivity contribution in [1.82, 2.24) is 15.1 Å². The second-order valence-electron chi connectivity index (χ2n) is 4.13. The summed E-state index contributed by atoms with van der Waals surface area (Å²) in [7, 11) is 0. The maximum absolute atomic E-state index is 4.65. The molecule has 1 saturated heterocycles. The molecular formula is C10H14BrN3S. The van der Waals surface area contributed by atoms with Crippen LogP contribution in [0, 0.1) is 0 Å². The molecule has 1 fully saturated rings. The Bertz CT molecular complexity index is 371. The Balaban J connectivity index is 1.93. The lowest BCUT2D eigenvalue weighted by Crippen LogP contribution is -2.30. The topological polar surface area (TPSA) is 29.9 Å². The third-order valence-electron chi connectivity index (χ3n) is 3.21. The van der Waals surface area contributed by atoms with E-state index < -0.39 is 0 Å². The van der Waals surface area contributed by atoms with Gasteiger partial charge in [-0.2, -0.15) is 16.9 Å². The van der Waals surface area contributed by atoms with Gasteiger partial charge in [0, 0.05) is 17.1 Å². The Kier molecular flexibility index (Phi) is 2.79. The molecule has 0 aromatic carbocycles. The highest BCUT2D eigenvalue weighted by atomic mass is 79.9. The summed E-state index contributed by atoms with van der Waals surface area (Å²) in [4.78, 5) is 0. The van der Waals surface area contributed by atoms with E-state index in [1.807, 2.05) is 11.8 Å². The lowest BCUT2D eigenvalue weighted by Gasteiger charge is -2.24. The summed E-state index contributed by atoms with van der Waals surface area (Å²) in [5.41, 5.74) is 2.89. The third-order valence-corrected chi connectivity index (χ3v) is 4.82. The summed E-state index contributed by atoms with van der Waals surface area (Å²) in [6, 6.07) is 0.616. The Labute approximate surface area is 102 Å². The molecular weight excluding hydrogens is 274 g/mol. The van der Waals surface area contributed by atoms with Crippen LogP contribution in [-0.2, 0) is 11.5 Å². The fraction of sp³-hybridized carbons (Fsp3) is 0.700. The standard InChI is InChI=1S/C10H14BrN3S/c11-10-8-5-15-6-9(8)14(13-10)7-1-3-12-4-2-7/h7,12H,1-6H2. The second-order valence-corrected chi connectivity index (χ2v) is 5.87. The van der Waals surface area contributed by atoms with Crippen molar-refractivity contribution in [1.29, 1.82) is 0 Å². The van der Waals surface area contributed by atoms with Crippen LogP contribution >= 0.6 is 27.7 Å². The quantitative estimate of drug-likeness (QED) is 0.860. The monoisotopic (exact) mass is 287 g/mol. The molecule has 0 amide bonds. The smallest absolute Gasteiger partial charge is 0.132 e. The average Bonchev–Trinajstić information content (AvgIpc) is 2.84. The number of fused-ring (bicyclic) bond motifs is 1. The lowest BCUT2D eigenvalue weighted by atomic mass is 10.1. The zero-order valence-corrected chi connectivity index (χ0v) is 10.9. The third kappa shape index (κ3) is 1.74. The predicted molar refractivity (Wildman–Crippen MR) is 66.1 cm³/mol. The Hall–Kier alpha value is -0.000000000000000111. The molecule has 82 valence electrons. The molecule has 0 radical (unpaired) electrons. The number of hydrogen-bond acceptors (Lipinski definition) is 3. The van der Waals surface area contributed by atoms with E-state index in [0.717, 1.165) is 29.2 Å². The molecule has 1 aromatic rings. The van der Waals surface area contributed by atoms with Crippen LogP contribution in [0.25, 0.3) is 0 Å². The van der Waals surface area contributed by atoms with Crippen molar-refractivity contribution in [3.05, 3.63) is 15.9 Å². The summed E-state index contributed by atoms with van der Waals surface area (Å²) in [6.45, 7) is 2.26. The predicted octanol–water partition coefficient (Wildman–Crippen LogP) is 2.32. The molecule has 2 aliphatic heterocycles. The van der Waals surface area contributed by atoms with Crippen LogP contribution in [0.3, 0.4) is 0 Å². The maximum Gasteiger partial charge on any atom is 0.132 e. The van der Waals surface area contributed by atoms with Gasteiger partial charge in [-0.05, 0) is 41.9 Å². The highest BCUT2D eigenvalue weighted by molar-refractivity contribution is 9.10. The van der Waals surface area contributed by atoms with E-state index >= 15 is 0 Å². The number of nitrogens with zero attached hydrogens (tertiary/aromatic N) is 2. The summed E-state index contributed by atoms with van der Waals surface area (Å²) < 4.78 is 3.35. The highest BCUT2D eigenvalue weighted by Gasteiger charge is 2.26. The molecule has 3 nitrogen and oxygen atoms in total. The minimum atomic E-state index is 0.616. The van der Waals surface area contributed by atoms with E-state index in [9.17, 15) is 0 Å². The van der Waals surface area contributed by atoms with E-state index in [2.05, 4.69) is 31.0 Å². The van der Waals surface area contributed by atoms with E-state index in [0.29, 0.717) is 6.04 Å². The van der Waals surface area contributed by atoms with Gasteiger partial charge < -0.3 is 5.32 Å². The molecule has 0 bridgehead atoms. The summed E-state index contributed by atoms with van der Waals surface area (Å²) >= 11 is 5.57. The first-order chi connectivity index (χ1) is 7.36. The van der Waals surface area contributed by atoms with Crippen molar-refractivity contribution in [2.24, 2.45) is 0 Å². The number of piperidine rings is 1. The number of halogens is 1. The van der Waals surface area contributed by atoms with Crippen molar-refractivity contribution in [3.8, 4) is 0 Å². The molecule has 0 aliphatic carbocycles. The van der Waals surface area contributed by atoms with E-state index in [1.165, 1.54) is 24.1 Å². The Morgan fingerprint density at radius 3 is 2.93 bits per heavy atom.